The molecule has 2 heterocycles. The van der Waals surface area contributed by atoms with Gasteiger partial charge >= 0.3 is 0 Å². The van der Waals surface area contributed by atoms with Gasteiger partial charge in [0.15, 0.2) is 5.65 Å². The molecule has 2 aromatic rings. The van der Waals surface area contributed by atoms with Gasteiger partial charge in [0.1, 0.15) is 5.82 Å². The molecule has 90 valence electrons. The molecule has 5 heteroatoms. The van der Waals surface area contributed by atoms with Gasteiger partial charge in [0, 0.05) is 24.8 Å². The van der Waals surface area contributed by atoms with Crippen LogP contribution >= 0.6 is 0 Å². The van der Waals surface area contributed by atoms with Crippen molar-refractivity contribution in [2.75, 3.05) is 11.9 Å². The fourth-order valence-corrected chi connectivity index (χ4v) is 2.46. The van der Waals surface area contributed by atoms with E-state index in [-0.39, 0.29) is 0 Å². The summed E-state index contributed by atoms with van der Waals surface area (Å²) in [5.41, 5.74) is 6.77. The molecule has 1 saturated carbocycles. The fourth-order valence-electron chi connectivity index (χ4n) is 2.46. The molecule has 1 aliphatic rings. The van der Waals surface area contributed by atoms with Crippen LogP contribution in [-0.4, -0.2) is 27.2 Å². The molecule has 0 aromatic carbocycles. The van der Waals surface area contributed by atoms with Crippen molar-refractivity contribution in [2.24, 2.45) is 11.7 Å². The Balaban J connectivity index is 1.64. The van der Waals surface area contributed by atoms with E-state index in [0.717, 1.165) is 30.9 Å². The number of rotatable bonds is 3. The number of aromatic nitrogens is 3. The largest absolute Gasteiger partial charge is 0.370 e. The molecule has 3 N–H and O–H groups in total. The predicted octanol–water partition coefficient (Wildman–Crippen LogP) is 1.27. The molecule has 17 heavy (non-hydrogen) atoms. The fraction of sp³-hybridized carbons (Fsp3) is 0.500. The third-order valence-electron chi connectivity index (χ3n) is 3.41. The molecule has 1 fully saturated rings. The van der Waals surface area contributed by atoms with Gasteiger partial charge in [-0.3, -0.25) is 0 Å². The SMILES string of the molecule is NC1CCC(CNc2ccn3nccc3n2)C1. The highest BCUT2D eigenvalue weighted by Crippen LogP contribution is 2.24. The van der Waals surface area contributed by atoms with Gasteiger partial charge in [0.25, 0.3) is 0 Å². The molecule has 1 aliphatic carbocycles. The van der Waals surface area contributed by atoms with Gasteiger partial charge in [-0.15, -0.1) is 0 Å². The highest BCUT2D eigenvalue weighted by molar-refractivity contribution is 5.45. The Hall–Kier alpha value is -1.62. The van der Waals surface area contributed by atoms with Gasteiger partial charge in [-0.1, -0.05) is 0 Å². The smallest absolute Gasteiger partial charge is 0.157 e. The van der Waals surface area contributed by atoms with E-state index in [1.54, 1.807) is 10.7 Å². The lowest BCUT2D eigenvalue weighted by Gasteiger charge is -2.11. The summed E-state index contributed by atoms with van der Waals surface area (Å²) in [6.07, 6.45) is 7.18. The second-order valence-corrected chi connectivity index (χ2v) is 4.77. The van der Waals surface area contributed by atoms with Gasteiger partial charge in [-0.2, -0.15) is 5.10 Å². The molecule has 2 atom stereocenters. The van der Waals surface area contributed by atoms with Crippen LogP contribution in [0, 0.1) is 5.92 Å². The Morgan fingerprint density at radius 1 is 1.41 bits per heavy atom. The Morgan fingerprint density at radius 3 is 3.18 bits per heavy atom. The van der Waals surface area contributed by atoms with E-state index >= 15 is 0 Å². The maximum atomic E-state index is 5.90. The minimum atomic E-state index is 0.395. The number of nitrogens with zero attached hydrogens (tertiary/aromatic N) is 3. The third-order valence-corrected chi connectivity index (χ3v) is 3.41. The summed E-state index contributed by atoms with van der Waals surface area (Å²) in [5, 5.41) is 7.50. The van der Waals surface area contributed by atoms with E-state index in [0.29, 0.717) is 12.0 Å². The number of nitrogens with two attached hydrogens (primary N) is 1. The minimum absolute atomic E-state index is 0.395. The van der Waals surface area contributed by atoms with Crippen LogP contribution in [0.1, 0.15) is 19.3 Å². The molecule has 0 aliphatic heterocycles. The summed E-state index contributed by atoms with van der Waals surface area (Å²) in [6.45, 7) is 0.963. The van der Waals surface area contributed by atoms with Crippen LogP contribution in [0.25, 0.3) is 5.65 Å². The highest BCUT2D eigenvalue weighted by Gasteiger charge is 2.21. The van der Waals surface area contributed by atoms with Gasteiger partial charge in [0.05, 0.1) is 6.20 Å². The number of anilines is 1. The number of hydrogen-bond donors (Lipinski definition) is 2. The van der Waals surface area contributed by atoms with Crippen molar-refractivity contribution in [3.05, 3.63) is 24.5 Å². The Labute approximate surface area is 100 Å². The Morgan fingerprint density at radius 2 is 2.35 bits per heavy atom. The lowest BCUT2D eigenvalue weighted by atomic mass is 10.1. The molecule has 0 amide bonds. The second-order valence-electron chi connectivity index (χ2n) is 4.77. The zero-order valence-electron chi connectivity index (χ0n) is 9.71. The standard InChI is InChI=1S/C12H17N5/c13-10-2-1-9(7-10)8-14-11-4-6-17-12(16-11)3-5-15-17/h3-6,9-10H,1-2,7-8,13H2,(H,14,16). The van der Waals surface area contributed by atoms with Crippen LogP contribution < -0.4 is 11.1 Å². The van der Waals surface area contributed by atoms with Crippen LogP contribution in [0.2, 0.25) is 0 Å². The normalized spacial score (nSPS) is 24.3. The van der Waals surface area contributed by atoms with Crippen molar-refractivity contribution in [3.63, 3.8) is 0 Å². The van der Waals surface area contributed by atoms with Crippen molar-refractivity contribution in [3.8, 4) is 0 Å². The monoisotopic (exact) mass is 231 g/mol. The van der Waals surface area contributed by atoms with E-state index in [4.69, 9.17) is 5.73 Å². The van der Waals surface area contributed by atoms with Crippen molar-refractivity contribution >= 4 is 11.5 Å². The van der Waals surface area contributed by atoms with Crippen LogP contribution in [0.15, 0.2) is 24.5 Å². The molecule has 0 spiro atoms. The first-order chi connectivity index (χ1) is 8.31. The van der Waals surface area contributed by atoms with E-state index in [1.807, 2.05) is 18.3 Å². The van der Waals surface area contributed by atoms with Crippen molar-refractivity contribution < 1.29 is 0 Å². The van der Waals surface area contributed by atoms with Crippen LogP contribution in [-0.2, 0) is 0 Å². The quantitative estimate of drug-likeness (QED) is 0.834. The van der Waals surface area contributed by atoms with Crippen LogP contribution in [0.3, 0.4) is 0 Å². The first-order valence-electron chi connectivity index (χ1n) is 6.11. The average Bonchev–Trinajstić information content (AvgIpc) is 2.94. The number of hydrogen-bond acceptors (Lipinski definition) is 4. The van der Waals surface area contributed by atoms with Crippen molar-refractivity contribution in [2.45, 2.75) is 25.3 Å². The average molecular weight is 231 g/mol. The molecule has 2 aromatic heterocycles. The number of fused-ring (bicyclic) bond motifs is 1. The predicted molar refractivity (Wildman–Crippen MR) is 66.8 cm³/mol. The third kappa shape index (κ3) is 2.24. The molecule has 0 bridgehead atoms. The van der Waals surface area contributed by atoms with Crippen molar-refractivity contribution in [1.29, 1.82) is 0 Å². The van der Waals surface area contributed by atoms with Gasteiger partial charge in [-0.25, -0.2) is 9.50 Å². The van der Waals surface area contributed by atoms with E-state index in [1.165, 1.54) is 6.42 Å². The lowest BCUT2D eigenvalue weighted by Crippen LogP contribution is -2.18. The summed E-state index contributed by atoms with van der Waals surface area (Å²) in [5.74, 6) is 1.60. The number of nitrogens with one attached hydrogen (secondary N) is 1. The summed E-state index contributed by atoms with van der Waals surface area (Å²) in [7, 11) is 0. The van der Waals surface area contributed by atoms with E-state index in [9.17, 15) is 0 Å². The second kappa shape index (κ2) is 4.33. The van der Waals surface area contributed by atoms with E-state index < -0.39 is 0 Å². The minimum Gasteiger partial charge on any atom is -0.370 e. The molecule has 0 radical (unpaired) electrons. The Kier molecular flexibility index (Phi) is 2.68. The molecule has 5 nitrogen and oxygen atoms in total. The summed E-state index contributed by atoms with van der Waals surface area (Å²) in [4.78, 5) is 4.47. The zero-order valence-corrected chi connectivity index (χ0v) is 9.71. The summed E-state index contributed by atoms with van der Waals surface area (Å²) >= 11 is 0. The van der Waals surface area contributed by atoms with Crippen LogP contribution in [0.4, 0.5) is 5.82 Å². The summed E-state index contributed by atoms with van der Waals surface area (Å²) < 4.78 is 1.76. The maximum absolute atomic E-state index is 5.90. The zero-order chi connectivity index (χ0) is 11.7. The molecular weight excluding hydrogens is 214 g/mol. The maximum Gasteiger partial charge on any atom is 0.157 e. The summed E-state index contributed by atoms with van der Waals surface area (Å²) in [6, 6.07) is 4.25. The molecule has 0 saturated heterocycles. The van der Waals surface area contributed by atoms with Crippen LogP contribution in [0.5, 0.6) is 0 Å². The topological polar surface area (TPSA) is 68.2 Å². The van der Waals surface area contributed by atoms with Gasteiger partial charge < -0.3 is 11.1 Å². The highest BCUT2D eigenvalue weighted by atomic mass is 15.2. The first-order valence-corrected chi connectivity index (χ1v) is 6.11. The van der Waals surface area contributed by atoms with Crippen molar-refractivity contribution in [1.82, 2.24) is 14.6 Å². The first kappa shape index (κ1) is 10.5. The van der Waals surface area contributed by atoms with E-state index in [2.05, 4.69) is 15.4 Å². The molecule has 2 unspecified atom stereocenters. The van der Waals surface area contributed by atoms with Gasteiger partial charge in [0.2, 0.25) is 0 Å². The molecule has 3 rings (SSSR count). The Bertz CT molecular complexity index is 506. The van der Waals surface area contributed by atoms with Gasteiger partial charge in [-0.05, 0) is 31.2 Å². The lowest BCUT2D eigenvalue weighted by molar-refractivity contribution is 0.565. The molecular formula is C12H17N5.